The van der Waals surface area contributed by atoms with Crippen LogP contribution in [0.3, 0.4) is 0 Å². The second-order valence-electron chi connectivity index (χ2n) is 4.90. The van der Waals surface area contributed by atoms with Crippen molar-refractivity contribution in [3.8, 4) is 0 Å². The number of likely N-dealkylation sites (N-methyl/N-ethyl adjacent to an activating group) is 1. The Balaban J connectivity index is 2.52. The SMILES string of the molecule is CCc1ccc(CNC(CC(C)C)C(=O)NC)s1. The van der Waals surface area contributed by atoms with Crippen LogP contribution in [0.5, 0.6) is 0 Å². The van der Waals surface area contributed by atoms with Crippen molar-refractivity contribution in [3.63, 3.8) is 0 Å². The minimum absolute atomic E-state index is 0.0796. The van der Waals surface area contributed by atoms with Gasteiger partial charge < -0.3 is 10.6 Å². The van der Waals surface area contributed by atoms with Gasteiger partial charge in [-0.05, 0) is 30.9 Å². The van der Waals surface area contributed by atoms with Gasteiger partial charge in [-0.25, -0.2) is 0 Å². The standard InChI is InChI=1S/C14H24N2OS/c1-5-11-6-7-12(18-11)9-16-13(8-10(2)3)14(17)15-4/h6-7,10,13,16H,5,8-9H2,1-4H3,(H,15,17). The summed E-state index contributed by atoms with van der Waals surface area (Å²) in [5, 5.41) is 6.08. The molecule has 18 heavy (non-hydrogen) atoms. The Morgan fingerprint density at radius 3 is 2.50 bits per heavy atom. The van der Waals surface area contributed by atoms with Gasteiger partial charge in [0.1, 0.15) is 0 Å². The van der Waals surface area contributed by atoms with Crippen LogP contribution in [-0.2, 0) is 17.8 Å². The molecule has 1 aromatic heterocycles. The summed E-state index contributed by atoms with van der Waals surface area (Å²) in [5.41, 5.74) is 0. The van der Waals surface area contributed by atoms with Gasteiger partial charge in [0.25, 0.3) is 0 Å². The molecule has 0 aromatic carbocycles. The molecule has 1 heterocycles. The molecule has 1 rings (SSSR count). The highest BCUT2D eigenvalue weighted by Gasteiger charge is 2.17. The van der Waals surface area contributed by atoms with Crippen LogP contribution >= 0.6 is 11.3 Å². The third-order valence-electron chi connectivity index (χ3n) is 2.86. The van der Waals surface area contributed by atoms with E-state index in [0.29, 0.717) is 5.92 Å². The lowest BCUT2D eigenvalue weighted by Gasteiger charge is -2.18. The smallest absolute Gasteiger partial charge is 0.236 e. The molecular weight excluding hydrogens is 244 g/mol. The van der Waals surface area contributed by atoms with Crippen molar-refractivity contribution in [2.45, 2.75) is 46.2 Å². The summed E-state index contributed by atoms with van der Waals surface area (Å²) < 4.78 is 0. The van der Waals surface area contributed by atoms with E-state index in [0.717, 1.165) is 19.4 Å². The van der Waals surface area contributed by atoms with E-state index in [1.165, 1.54) is 9.75 Å². The molecule has 0 aliphatic heterocycles. The number of amides is 1. The van der Waals surface area contributed by atoms with Crippen LogP contribution in [0.4, 0.5) is 0 Å². The summed E-state index contributed by atoms with van der Waals surface area (Å²) >= 11 is 1.82. The van der Waals surface area contributed by atoms with Gasteiger partial charge in [-0.15, -0.1) is 11.3 Å². The van der Waals surface area contributed by atoms with Crippen LogP contribution < -0.4 is 10.6 Å². The average molecular weight is 268 g/mol. The van der Waals surface area contributed by atoms with Gasteiger partial charge in [0, 0.05) is 23.3 Å². The third-order valence-corrected chi connectivity index (χ3v) is 4.09. The van der Waals surface area contributed by atoms with E-state index in [1.807, 2.05) is 11.3 Å². The fourth-order valence-electron chi connectivity index (χ4n) is 1.86. The van der Waals surface area contributed by atoms with E-state index >= 15 is 0 Å². The van der Waals surface area contributed by atoms with Crippen molar-refractivity contribution in [2.24, 2.45) is 5.92 Å². The van der Waals surface area contributed by atoms with Crippen LogP contribution in [0.2, 0.25) is 0 Å². The van der Waals surface area contributed by atoms with Crippen molar-refractivity contribution in [3.05, 3.63) is 21.9 Å². The van der Waals surface area contributed by atoms with Crippen molar-refractivity contribution < 1.29 is 4.79 Å². The molecule has 0 fully saturated rings. The summed E-state index contributed by atoms with van der Waals surface area (Å²) in [6.07, 6.45) is 1.95. The molecule has 3 nitrogen and oxygen atoms in total. The fourth-order valence-corrected chi connectivity index (χ4v) is 2.77. The predicted octanol–water partition coefficient (Wildman–Crippen LogP) is 2.56. The van der Waals surface area contributed by atoms with Crippen molar-refractivity contribution >= 4 is 17.2 Å². The Morgan fingerprint density at radius 1 is 1.33 bits per heavy atom. The molecule has 0 radical (unpaired) electrons. The van der Waals surface area contributed by atoms with Crippen molar-refractivity contribution in [2.75, 3.05) is 7.05 Å². The molecule has 1 aromatic rings. The molecule has 1 atom stereocenters. The van der Waals surface area contributed by atoms with Crippen LogP contribution in [0.15, 0.2) is 12.1 Å². The highest BCUT2D eigenvalue weighted by molar-refractivity contribution is 7.11. The molecule has 0 aliphatic carbocycles. The Morgan fingerprint density at radius 2 is 2.00 bits per heavy atom. The van der Waals surface area contributed by atoms with Gasteiger partial charge in [0.15, 0.2) is 0 Å². The second kappa shape index (κ2) is 7.54. The van der Waals surface area contributed by atoms with Crippen LogP contribution in [0.25, 0.3) is 0 Å². The normalized spacial score (nSPS) is 12.7. The zero-order valence-electron chi connectivity index (χ0n) is 11.7. The first-order valence-electron chi connectivity index (χ1n) is 6.59. The average Bonchev–Trinajstić information content (AvgIpc) is 2.81. The topological polar surface area (TPSA) is 41.1 Å². The van der Waals surface area contributed by atoms with E-state index in [9.17, 15) is 4.79 Å². The number of carbonyl (C=O) groups is 1. The van der Waals surface area contributed by atoms with Crippen LogP contribution in [0.1, 0.15) is 36.9 Å². The Bertz CT molecular complexity index is 374. The minimum atomic E-state index is -0.0952. The monoisotopic (exact) mass is 268 g/mol. The van der Waals surface area contributed by atoms with E-state index in [-0.39, 0.29) is 11.9 Å². The molecule has 1 unspecified atom stereocenters. The zero-order valence-corrected chi connectivity index (χ0v) is 12.6. The van der Waals surface area contributed by atoms with E-state index in [2.05, 4.69) is 43.5 Å². The molecule has 4 heteroatoms. The second-order valence-corrected chi connectivity index (χ2v) is 6.15. The van der Waals surface area contributed by atoms with Gasteiger partial charge >= 0.3 is 0 Å². The van der Waals surface area contributed by atoms with Gasteiger partial charge in [-0.3, -0.25) is 4.79 Å². The number of rotatable bonds is 7. The van der Waals surface area contributed by atoms with Gasteiger partial charge in [0.2, 0.25) is 5.91 Å². The molecule has 0 spiro atoms. The number of hydrogen-bond donors (Lipinski definition) is 2. The molecule has 0 bridgehead atoms. The first-order valence-corrected chi connectivity index (χ1v) is 7.41. The molecule has 0 aliphatic rings. The van der Waals surface area contributed by atoms with Crippen LogP contribution in [0, 0.1) is 5.92 Å². The van der Waals surface area contributed by atoms with E-state index in [1.54, 1.807) is 7.05 Å². The largest absolute Gasteiger partial charge is 0.358 e. The van der Waals surface area contributed by atoms with Crippen molar-refractivity contribution in [1.82, 2.24) is 10.6 Å². The molecule has 102 valence electrons. The highest BCUT2D eigenvalue weighted by Crippen LogP contribution is 2.17. The predicted molar refractivity (Wildman–Crippen MR) is 77.8 cm³/mol. The lowest BCUT2D eigenvalue weighted by Crippen LogP contribution is -2.43. The highest BCUT2D eigenvalue weighted by atomic mass is 32.1. The summed E-state index contributed by atoms with van der Waals surface area (Å²) in [4.78, 5) is 14.5. The van der Waals surface area contributed by atoms with Crippen molar-refractivity contribution in [1.29, 1.82) is 0 Å². The zero-order chi connectivity index (χ0) is 13.5. The number of carbonyl (C=O) groups excluding carboxylic acids is 1. The number of thiophene rings is 1. The number of hydrogen-bond acceptors (Lipinski definition) is 3. The first kappa shape index (κ1) is 15.2. The van der Waals surface area contributed by atoms with Gasteiger partial charge in [0.05, 0.1) is 6.04 Å². The molecule has 1 amide bonds. The third kappa shape index (κ3) is 4.78. The van der Waals surface area contributed by atoms with Gasteiger partial charge in [-0.2, -0.15) is 0 Å². The Hall–Kier alpha value is -0.870. The maximum absolute atomic E-state index is 11.8. The first-order chi connectivity index (χ1) is 8.56. The maximum atomic E-state index is 11.8. The summed E-state index contributed by atoms with van der Waals surface area (Å²) in [5.74, 6) is 0.588. The quantitative estimate of drug-likeness (QED) is 0.798. The maximum Gasteiger partial charge on any atom is 0.236 e. The fraction of sp³-hybridized carbons (Fsp3) is 0.643. The molecule has 2 N–H and O–H groups in total. The van der Waals surface area contributed by atoms with E-state index < -0.39 is 0 Å². The summed E-state index contributed by atoms with van der Waals surface area (Å²) in [6.45, 7) is 7.21. The Labute approximate surface area is 114 Å². The molecule has 0 saturated heterocycles. The Kier molecular flexibility index (Phi) is 6.36. The minimum Gasteiger partial charge on any atom is -0.358 e. The van der Waals surface area contributed by atoms with Crippen LogP contribution in [-0.4, -0.2) is 19.0 Å². The number of aryl methyl sites for hydroxylation is 1. The lowest BCUT2D eigenvalue weighted by molar-refractivity contribution is -0.123. The lowest BCUT2D eigenvalue weighted by atomic mass is 10.0. The molecule has 0 saturated carbocycles. The summed E-state index contributed by atoms with van der Waals surface area (Å²) in [6, 6.07) is 4.22. The number of nitrogens with one attached hydrogen (secondary N) is 2. The van der Waals surface area contributed by atoms with Gasteiger partial charge in [-0.1, -0.05) is 20.8 Å². The molecular formula is C14H24N2OS. The van der Waals surface area contributed by atoms with E-state index in [4.69, 9.17) is 0 Å². The summed E-state index contributed by atoms with van der Waals surface area (Å²) in [7, 11) is 1.69.